The highest BCUT2D eigenvalue weighted by Crippen LogP contribution is 2.37. The van der Waals surface area contributed by atoms with Crippen LogP contribution in [0.2, 0.25) is 5.02 Å². The fourth-order valence-corrected chi connectivity index (χ4v) is 6.68. The smallest absolute Gasteiger partial charge is 0.417 e. The number of ether oxygens (including phenoxy) is 1. The topological polar surface area (TPSA) is 41.6 Å². The molecule has 0 aliphatic carbocycles. The Bertz CT molecular complexity index is 1550. The van der Waals surface area contributed by atoms with Crippen LogP contribution in [0, 0.1) is 0 Å². The summed E-state index contributed by atoms with van der Waals surface area (Å²) in [6, 6.07) is 32.0. The number of hydrogen-bond donors (Lipinski definition) is 1. The van der Waals surface area contributed by atoms with Crippen molar-refractivity contribution in [2.45, 2.75) is 89.8 Å². The van der Waals surface area contributed by atoms with Crippen molar-refractivity contribution in [1.29, 1.82) is 0 Å². The van der Waals surface area contributed by atoms with Gasteiger partial charge in [-0.1, -0.05) is 148 Å². The van der Waals surface area contributed by atoms with Crippen molar-refractivity contribution >= 4 is 29.9 Å². The predicted octanol–water partition coefficient (Wildman–Crippen LogP) is 11.7. The number of amides is 1. The van der Waals surface area contributed by atoms with Crippen LogP contribution in [0.3, 0.4) is 0 Å². The van der Waals surface area contributed by atoms with Crippen LogP contribution in [-0.2, 0) is 23.9 Å². The molecule has 0 aliphatic rings. The lowest BCUT2D eigenvalue weighted by Gasteiger charge is -2.29. The second-order valence-corrected chi connectivity index (χ2v) is 13.6. The van der Waals surface area contributed by atoms with Crippen LogP contribution in [0.4, 0.5) is 13.2 Å². The minimum atomic E-state index is -4.54. The van der Waals surface area contributed by atoms with Gasteiger partial charge in [-0.2, -0.15) is 13.2 Å². The van der Waals surface area contributed by atoms with E-state index in [1.54, 1.807) is 6.07 Å². The lowest BCUT2D eigenvalue weighted by atomic mass is 9.90. The van der Waals surface area contributed by atoms with Gasteiger partial charge in [0.15, 0.2) is 0 Å². The van der Waals surface area contributed by atoms with E-state index in [4.69, 9.17) is 16.3 Å². The fraction of sp³-hybridized carbons (Fsp3) is 0.419. The number of nitrogens with zero attached hydrogens (tertiary/aromatic N) is 1. The van der Waals surface area contributed by atoms with Crippen molar-refractivity contribution in [3.05, 3.63) is 136 Å². The highest BCUT2D eigenvalue weighted by molar-refractivity contribution is 6.32. The number of carbonyl (C=O) groups excluding carboxylic acids is 1. The molecule has 52 heavy (non-hydrogen) atoms. The average Bonchev–Trinajstić information content (AvgIpc) is 3.12. The molecule has 0 spiro atoms. The minimum Gasteiger partial charge on any atom is -0.494 e. The van der Waals surface area contributed by atoms with Crippen molar-refractivity contribution < 1.29 is 22.7 Å². The zero-order valence-electron chi connectivity index (χ0n) is 30.2. The highest BCUT2D eigenvalue weighted by atomic mass is 35.5. The first-order chi connectivity index (χ1) is 24.7. The van der Waals surface area contributed by atoms with Crippen LogP contribution in [0.1, 0.15) is 98.4 Å². The first kappa shape index (κ1) is 42.9. The standard InChI is InChI=1S/C43H52ClF3N2O2.ClH/c1-2-3-4-5-6-7-8-15-27-48-41(50)31-34-19-16-25-38(30-34)51-29-18-28-49(32-37-24-17-26-40(42(37)44)43(45,46)47)33-39(35-20-11-9-12-21-35)36-22-13-10-14-23-36;/h9-14,16-17,19-26,30,39H,2-8,15,18,27-29,31-33H2,1H3,(H,48,50);1H. The summed E-state index contributed by atoms with van der Waals surface area (Å²) < 4.78 is 47.3. The summed E-state index contributed by atoms with van der Waals surface area (Å²) in [5.74, 6) is 0.684. The number of rotatable bonds is 22. The summed E-state index contributed by atoms with van der Waals surface area (Å²) in [6.07, 6.45) is 6.20. The largest absolute Gasteiger partial charge is 0.494 e. The summed E-state index contributed by atoms with van der Waals surface area (Å²) in [5.41, 5.74) is 2.74. The average molecular weight is 758 g/mol. The molecule has 0 aliphatic heterocycles. The van der Waals surface area contributed by atoms with Gasteiger partial charge < -0.3 is 10.1 Å². The van der Waals surface area contributed by atoms with Gasteiger partial charge in [0, 0.05) is 32.1 Å². The van der Waals surface area contributed by atoms with Gasteiger partial charge >= 0.3 is 6.18 Å². The number of unbranched alkanes of at least 4 members (excludes halogenated alkanes) is 7. The van der Waals surface area contributed by atoms with Crippen LogP contribution >= 0.6 is 24.0 Å². The second kappa shape index (κ2) is 23.2. The van der Waals surface area contributed by atoms with Crippen LogP contribution in [-0.4, -0.2) is 37.0 Å². The molecule has 0 heterocycles. The molecule has 282 valence electrons. The van der Waals surface area contributed by atoms with E-state index in [1.807, 2.05) is 60.7 Å². The number of benzene rings is 4. The Hall–Kier alpha value is -3.52. The van der Waals surface area contributed by atoms with E-state index in [0.29, 0.717) is 50.4 Å². The molecule has 4 aromatic rings. The molecule has 1 amide bonds. The third kappa shape index (κ3) is 14.8. The molecule has 0 saturated heterocycles. The van der Waals surface area contributed by atoms with Gasteiger partial charge in [0.05, 0.1) is 23.6 Å². The van der Waals surface area contributed by atoms with E-state index >= 15 is 0 Å². The Morgan fingerprint density at radius 2 is 1.40 bits per heavy atom. The normalized spacial score (nSPS) is 11.4. The Morgan fingerprint density at radius 3 is 2.04 bits per heavy atom. The predicted molar refractivity (Wildman–Crippen MR) is 210 cm³/mol. The molecule has 0 radical (unpaired) electrons. The SMILES string of the molecule is CCCCCCCCCCNC(=O)Cc1cccc(OCCCN(Cc2cccc(C(F)(F)F)c2Cl)CC(c2ccccc2)c2ccccc2)c1.Cl. The van der Waals surface area contributed by atoms with Gasteiger partial charge in [-0.3, -0.25) is 9.69 Å². The van der Waals surface area contributed by atoms with Crippen LogP contribution in [0.15, 0.2) is 103 Å². The monoisotopic (exact) mass is 756 g/mol. The van der Waals surface area contributed by atoms with Crippen molar-refractivity contribution in [1.82, 2.24) is 10.2 Å². The van der Waals surface area contributed by atoms with Crippen molar-refractivity contribution in [3.63, 3.8) is 0 Å². The summed E-state index contributed by atoms with van der Waals surface area (Å²) in [4.78, 5) is 14.7. The van der Waals surface area contributed by atoms with Gasteiger partial charge in [-0.25, -0.2) is 0 Å². The molecule has 1 N–H and O–H groups in total. The fourth-order valence-electron chi connectivity index (χ4n) is 6.39. The molecule has 0 atom stereocenters. The van der Waals surface area contributed by atoms with E-state index in [2.05, 4.69) is 41.4 Å². The van der Waals surface area contributed by atoms with E-state index in [1.165, 1.54) is 44.6 Å². The van der Waals surface area contributed by atoms with Crippen molar-refractivity contribution in [2.75, 3.05) is 26.2 Å². The summed E-state index contributed by atoms with van der Waals surface area (Å²) in [6.45, 7) is 4.73. The zero-order chi connectivity index (χ0) is 36.3. The van der Waals surface area contributed by atoms with Crippen LogP contribution in [0.5, 0.6) is 5.75 Å². The molecular formula is C43H53Cl2F3N2O2. The lowest BCUT2D eigenvalue weighted by Crippen LogP contribution is -2.31. The molecule has 0 unspecified atom stereocenters. The Labute approximate surface area is 319 Å². The maximum atomic E-state index is 13.7. The van der Waals surface area contributed by atoms with Gasteiger partial charge in [-0.05, 0) is 53.3 Å². The van der Waals surface area contributed by atoms with Gasteiger partial charge in [-0.15, -0.1) is 12.4 Å². The second-order valence-electron chi connectivity index (χ2n) is 13.2. The molecule has 9 heteroatoms. The molecule has 0 bridgehead atoms. The summed E-state index contributed by atoms with van der Waals surface area (Å²) in [5, 5.41) is 2.78. The first-order valence-electron chi connectivity index (χ1n) is 18.4. The van der Waals surface area contributed by atoms with E-state index in [9.17, 15) is 18.0 Å². The third-order valence-electron chi connectivity index (χ3n) is 9.13. The number of carbonyl (C=O) groups is 1. The van der Waals surface area contributed by atoms with Gasteiger partial charge in [0.25, 0.3) is 0 Å². The molecular weight excluding hydrogens is 704 g/mol. The Morgan fingerprint density at radius 1 is 0.788 bits per heavy atom. The minimum absolute atomic E-state index is 0. The summed E-state index contributed by atoms with van der Waals surface area (Å²) in [7, 11) is 0. The third-order valence-corrected chi connectivity index (χ3v) is 9.57. The van der Waals surface area contributed by atoms with E-state index in [-0.39, 0.29) is 35.8 Å². The van der Waals surface area contributed by atoms with Crippen molar-refractivity contribution in [3.8, 4) is 5.75 Å². The van der Waals surface area contributed by atoms with Crippen LogP contribution in [0.25, 0.3) is 0 Å². The highest BCUT2D eigenvalue weighted by Gasteiger charge is 2.34. The molecule has 0 saturated carbocycles. The number of hydrogen-bond acceptors (Lipinski definition) is 3. The summed E-state index contributed by atoms with van der Waals surface area (Å²) >= 11 is 6.37. The number of halogens is 5. The maximum Gasteiger partial charge on any atom is 0.417 e. The molecule has 4 rings (SSSR count). The lowest BCUT2D eigenvalue weighted by molar-refractivity contribution is -0.137. The van der Waals surface area contributed by atoms with Crippen molar-refractivity contribution in [2.24, 2.45) is 0 Å². The van der Waals surface area contributed by atoms with E-state index in [0.717, 1.165) is 35.6 Å². The van der Waals surface area contributed by atoms with Gasteiger partial charge in [0.2, 0.25) is 5.91 Å². The number of alkyl halides is 3. The van der Waals surface area contributed by atoms with E-state index < -0.39 is 11.7 Å². The molecule has 4 nitrogen and oxygen atoms in total. The first-order valence-corrected chi connectivity index (χ1v) is 18.8. The van der Waals surface area contributed by atoms with Crippen LogP contribution < -0.4 is 10.1 Å². The number of nitrogens with one attached hydrogen (secondary N) is 1. The Balaban J connectivity index is 0.00000729. The zero-order valence-corrected chi connectivity index (χ0v) is 31.8. The maximum absolute atomic E-state index is 13.7. The molecule has 0 aromatic heterocycles. The Kier molecular flexibility index (Phi) is 19.1. The molecule has 4 aromatic carbocycles. The van der Waals surface area contributed by atoms with Gasteiger partial charge in [0.1, 0.15) is 5.75 Å². The molecule has 0 fully saturated rings. The quantitative estimate of drug-likeness (QED) is 0.0812.